The summed E-state index contributed by atoms with van der Waals surface area (Å²) in [5.41, 5.74) is 0.263. The summed E-state index contributed by atoms with van der Waals surface area (Å²) in [6.45, 7) is 5.12. The minimum Gasteiger partial charge on any atom is -0.444 e. The molecule has 0 saturated carbocycles. The van der Waals surface area contributed by atoms with Crippen LogP contribution >= 0.6 is 0 Å². The number of nitro benzene ring substituents is 1. The van der Waals surface area contributed by atoms with E-state index in [2.05, 4.69) is 5.32 Å². The number of anilines is 1. The monoisotopic (exact) mass is 356 g/mol. The standard InChI is InChI=1S/C19H20N2O5/c1-19(2,3)26-18(23)20-16-12-15(21(24)25)10-9-14(16)11-17(22)13-7-5-4-6-8-13/h4-10,12H,11H2,1-3H3,(H,20,23). The van der Waals surface area contributed by atoms with Crippen LogP contribution in [0.25, 0.3) is 0 Å². The molecular formula is C19H20N2O5. The van der Waals surface area contributed by atoms with Crippen molar-refractivity contribution in [1.29, 1.82) is 0 Å². The van der Waals surface area contributed by atoms with Gasteiger partial charge in [0.25, 0.3) is 5.69 Å². The minimum absolute atomic E-state index is 0.00681. The molecule has 0 aliphatic heterocycles. The van der Waals surface area contributed by atoms with Crippen LogP contribution in [0.1, 0.15) is 36.7 Å². The maximum Gasteiger partial charge on any atom is 0.412 e. The second-order valence-electron chi connectivity index (χ2n) is 6.69. The van der Waals surface area contributed by atoms with Gasteiger partial charge in [0.1, 0.15) is 5.60 Å². The van der Waals surface area contributed by atoms with Crippen LogP contribution in [0, 0.1) is 10.1 Å². The van der Waals surface area contributed by atoms with Crippen molar-refractivity contribution in [2.75, 3.05) is 5.32 Å². The highest BCUT2D eigenvalue weighted by atomic mass is 16.6. The summed E-state index contributed by atoms with van der Waals surface area (Å²) in [6.07, 6.45) is -0.751. The van der Waals surface area contributed by atoms with Crippen molar-refractivity contribution in [3.63, 3.8) is 0 Å². The first-order chi connectivity index (χ1) is 12.2. The van der Waals surface area contributed by atoms with Crippen LogP contribution in [-0.2, 0) is 11.2 Å². The van der Waals surface area contributed by atoms with Crippen LogP contribution in [0.15, 0.2) is 48.5 Å². The number of non-ortho nitro benzene ring substituents is 1. The van der Waals surface area contributed by atoms with Crippen molar-refractivity contribution >= 4 is 23.3 Å². The zero-order valence-electron chi connectivity index (χ0n) is 14.8. The summed E-state index contributed by atoms with van der Waals surface area (Å²) in [6, 6.07) is 12.7. The number of benzene rings is 2. The minimum atomic E-state index is -0.744. The van der Waals surface area contributed by atoms with Crippen molar-refractivity contribution in [1.82, 2.24) is 0 Å². The second kappa shape index (κ2) is 7.77. The third kappa shape index (κ3) is 5.41. The van der Waals surface area contributed by atoms with Crippen LogP contribution in [-0.4, -0.2) is 22.4 Å². The molecule has 0 aromatic heterocycles. The number of Topliss-reactive ketones (excluding diaryl/α,β-unsaturated/α-hetero) is 1. The molecule has 0 aliphatic rings. The van der Waals surface area contributed by atoms with Crippen molar-refractivity contribution in [2.45, 2.75) is 32.8 Å². The highest BCUT2D eigenvalue weighted by molar-refractivity contribution is 5.99. The molecule has 7 nitrogen and oxygen atoms in total. The number of carbonyl (C=O) groups excluding carboxylic acids is 2. The van der Waals surface area contributed by atoms with E-state index < -0.39 is 16.6 Å². The molecule has 0 spiro atoms. The molecule has 1 amide bonds. The lowest BCUT2D eigenvalue weighted by atomic mass is 10.0. The molecule has 0 bridgehead atoms. The largest absolute Gasteiger partial charge is 0.444 e. The lowest BCUT2D eigenvalue weighted by Gasteiger charge is -2.20. The Morgan fingerprint density at radius 1 is 1.12 bits per heavy atom. The first-order valence-corrected chi connectivity index (χ1v) is 8.01. The summed E-state index contributed by atoms with van der Waals surface area (Å²) in [7, 11) is 0. The van der Waals surface area contributed by atoms with Gasteiger partial charge in [-0.15, -0.1) is 0 Å². The van der Waals surface area contributed by atoms with Crippen LogP contribution in [0.2, 0.25) is 0 Å². The fourth-order valence-electron chi connectivity index (χ4n) is 2.26. The molecule has 0 unspecified atom stereocenters. The number of nitrogens with one attached hydrogen (secondary N) is 1. The number of rotatable bonds is 5. The Labute approximate surface area is 151 Å². The van der Waals surface area contributed by atoms with E-state index in [0.717, 1.165) is 0 Å². The Kier molecular flexibility index (Phi) is 5.71. The lowest BCUT2D eigenvalue weighted by Crippen LogP contribution is -2.27. The number of amides is 1. The van der Waals surface area contributed by atoms with Gasteiger partial charge < -0.3 is 4.74 Å². The first-order valence-electron chi connectivity index (χ1n) is 8.01. The van der Waals surface area contributed by atoms with Crippen LogP contribution in [0.5, 0.6) is 0 Å². The quantitative estimate of drug-likeness (QED) is 0.487. The van der Waals surface area contributed by atoms with E-state index in [0.29, 0.717) is 11.1 Å². The second-order valence-corrected chi connectivity index (χ2v) is 6.69. The van der Waals surface area contributed by atoms with Gasteiger partial charge >= 0.3 is 6.09 Å². The molecule has 2 aromatic carbocycles. The molecule has 0 atom stereocenters. The Hall–Kier alpha value is -3.22. The Bertz CT molecular complexity index is 826. The van der Waals surface area contributed by atoms with E-state index in [1.807, 2.05) is 0 Å². The van der Waals surface area contributed by atoms with Crippen LogP contribution in [0.3, 0.4) is 0 Å². The number of ether oxygens (including phenoxy) is 1. The zero-order chi connectivity index (χ0) is 19.3. The van der Waals surface area contributed by atoms with Crippen molar-refractivity contribution in [2.24, 2.45) is 0 Å². The van der Waals surface area contributed by atoms with Gasteiger partial charge in [0.05, 0.1) is 10.6 Å². The van der Waals surface area contributed by atoms with Gasteiger partial charge in [-0.2, -0.15) is 0 Å². The highest BCUT2D eigenvalue weighted by Gasteiger charge is 2.20. The molecule has 0 fully saturated rings. The van der Waals surface area contributed by atoms with Crippen LogP contribution in [0.4, 0.5) is 16.2 Å². The van der Waals surface area contributed by atoms with Crippen molar-refractivity contribution in [3.8, 4) is 0 Å². The van der Waals surface area contributed by atoms with Gasteiger partial charge in [0, 0.05) is 24.1 Å². The molecule has 0 radical (unpaired) electrons. The average Bonchev–Trinajstić information content (AvgIpc) is 2.55. The summed E-state index contributed by atoms with van der Waals surface area (Å²) in [5.74, 6) is -0.160. The van der Waals surface area contributed by atoms with Gasteiger partial charge in [-0.25, -0.2) is 4.79 Å². The van der Waals surface area contributed by atoms with Gasteiger partial charge in [-0.3, -0.25) is 20.2 Å². The predicted octanol–water partition coefficient (Wildman–Crippen LogP) is 4.37. The molecular weight excluding hydrogens is 336 g/mol. The maximum absolute atomic E-state index is 12.4. The third-order valence-electron chi connectivity index (χ3n) is 3.39. The number of hydrogen-bond donors (Lipinski definition) is 1. The molecule has 26 heavy (non-hydrogen) atoms. The fraction of sp³-hybridized carbons (Fsp3) is 0.263. The van der Waals surface area contributed by atoms with E-state index in [9.17, 15) is 19.7 Å². The van der Waals surface area contributed by atoms with Gasteiger partial charge in [-0.05, 0) is 32.4 Å². The predicted molar refractivity (Wildman–Crippen MR) is 97.4 cm³/mol. The van der Waals surface area contributed by atoms with E-state index in [1.54, 1.807) is 51.1 Å². The molecule has 2 aromatic rings. The maximum atomic E-state index is 12.4. The molecule has 2 rings (SSSR count). The zero-order valence-corrected chi connectivity index (χ0v) is 14.8. The fourth-order valence-corrected chi connectivity index (χ4v) is 2.26. The smallest absolute Gasteiger partial charge is 0.412 e. The summed E-state index contributed by atoms with van der Waals surface area (Å²) >= 11 is 0. The van der Waals surface area contributed by atoms with Gasteiger partial charge in [-0.1, -0.05) is 30.3 Å². The van der Waals surface area contributed by atoms with Gasteiger partial charge in [0.15, 0.2) is 5.78 Å². The first kappa shape index (κ1) is 19.1. The Balaban J connectivity index is 2.28. The number of nitrogens with zero attached hydrogens (tertiary/aromatic N) is 1. The van der Waals surface area contributed by atoms with E-state index in [1.165, 1.54) is 18.2 Å². The van der Waals surface area contributed by atoms with Crippen molar-refractivity contribution in [3.05, 3.63) is 69.8 Å². The molecule has 0 saturated heterocycles. The topological polar surface area (TPSA) is 98.5 Å². The van der Waals surface area contributed by atoms with E-state index in [-0.39, 0.29) is 23.6 Å². The average molecular weight is 356 g/mol. The highest BCUT2D eigenvalue weighted by Crippen LogP contribution is 2.25. The summed E-state index contributed by atoms with van der Waals surface area (Å²) in [4.78, 5) is 34.9. The van der Waals surface area contributed by atoms with E-state index in [4.69, 9.17) is 4.74 Å². The number of ketones is 1. The number of carbonyl (C=O) groups is 2. The van der Waals surface area contributed by atoms with Gasteiger partial charge in [0.2, 0.25) is 0 Å². The van der Waals surface area contributed by atoms with Crippen LogP contribution < -0.4 is 5.32 Å². The third-order valence-corrected chi connectivity index (χ3v) is 3.39. The molecule has 0 heterocycles. The molecule has 1 N–H and O–H groups in total. The number of nitro groups is 1. The Morgan fingerprint density at radius 2 is 1.77 bits per heavy atom. The SMILES string of the molecule is CC(C)(C)OC(=O)Nc1cc([N+](=O)[O-])ccc1CC(=O)c1ccccc1. The number of hydrogen-bond acceptors (Lipinski definition) is 5. The normalized spacial score (nSPS) is 10.9. The van der Waals surface area contributed by atoms with E-state index >= 15 is 0 Å². The summed E-state index contributed by atoms with van der Waals surface area (Å²) < 4.78 is 5.18. The summed E-state index contributed by atoms with van der Waals surface area (Å²) in [5, 5.41) is 13.5. The Morgan fingerprint density at radius 3 is 2.35 bits per heavy atom. The molecule has 136 valence electrons. The molecule has 7 heteroatoms. The van der Waals surface area contributed by atoms with Crippen molar-refractivity contribution < 1.29 is 19.2 Å². The molecule has 0 aliphatic carbocycles. The lowest BCUT2D eigenvalue weighted by molar-refractivity contribution is -0.384.